The Labute approximate surface area is 317 Å². The van der Waals surface area contributed by atoms with Gasteiger partial charge in [0.15, 0.2) is 5.57 Å². The second kappa shape index (κ2) is 16.3. The molecule has 1 spiro atoms. The highest BCUT2D eigenvalue weighted by molar-refractivity contribution is 7.92. The molecule has 6 unspecified atom stereocenters. The van der Waals surface area contributed by atoms with Gasteiger partial charge in [0.1, 0.15) is 34.2 Å². The van der Waals surface area contributed by atoms with Crippen LogP contribution in [0.25, 0.3) is 0 Å². The SMILES string of the molecule is C[NH2+]C=C(C(=N)OC)C(=O)NS1(=O)=NC(=O)c2ccc3c(c2)N(CC2CCC2CC=CC(OC(=O)C=N)C(C)C1)CC1(CCCc2cc(C)ccc21)CO3. The summed E-state index contributed by atoms with van der Waals surface area (Å²) in [5, 5.41) is 17.1. The van der Waals surface area contributed by atoms with Crippen molar-refractivity contribution >= 4 is 45.5 Å². The van der Waals surface area contributed by atoms with E-state index in [-0.39, 0.29) is 22.3 Å². The number of carbonyl (C=O) groups is 3. The summed E-state index contributed by atoms with van der Waals surface area (Å²) in [7, 11) is -1.02. The number of anilines is 1. The van der Waals surface area contributed by atoms with E-state index in [2.05, 4.69) is 39.1 Å². The smallest absolute Gasteiger partial charge is 0.349 e. The van der Waals surface area contributed by atoms with Crippen LogP contribution in [0.2, 0.25) is 0 Å². The van der Waals surface area contributed by atoms with Gasteiger partial charge < -0.3 is 29.8 Å². The maximum absolute atomic E-state index is 14.8. The summed E-state index contributed by atoms with van der Waals surface area (Å²) in [4.78, 5) is 42.4. The molecular formula is C40H51N6O7S+. The summed E-state index contributed by atoms with van der Waals surface area (Å²) in [6, 6.07) is 11.9. The summed E-state index contributed by atoms with van der Waals surface area (Å²) in [6.45, 7) is 5.74. The number of allylic oxidation sites excluding steroid dienone is 1. The molecule has 1 fully saturated rings. The van der Waals surface area contributed by atoms with Crippen LogP contribution in [0.1, 0.15) is 66.1 Å². The van der Waals surface area contributed by atoms with Crippen LogP contribution in [-0.2, 0) is 40.8 Å². The van der Waals surface area contributed by atoms with E-state index in [4.69, 9.17) is 25.0 Å². The van der Waals surface area contributed by atoms with Crippen LogP contribution in [0.5, 0.6) is 5.75 Å². The molecule has 2 aromatic carbocycles. The summed E-state index contributed by atoms with van der Waals surface area (Å²) >= 11 is 0. The number of aryl methyl sites for hydroxylation is 2. The predicted octanol–water partition coefficient (Wildman–Crippen LogP) is 3.99. The second-order valence-corrected chi connectivity index (χ2v) is 17.0. The number of methoxy groups -OCH3 is 1. The van der Waals surface area contributed by atoms with Crippen molar-refractivity contribution in [2.45, 2.75) is 63.9 Å². The number of ether oxygens (including phenoxy) is 3. The number of quaternary nitrogens is 1. The normalized spacial score (nSPS) is 28.2. The Hall–Kier alpha value is -4.82. The number of benzene rings is 2. The number of hydrogen-bond acceptors (Lipinski definition) is 10. The topological polar surface area (TPSA) is 188 Å². The Morgan fingerprint density at radius 1 is 1.19 bits per heavy atom. The lowest BCUT2D eigenvalue weighted by Gasteiger charge is -2.44. The third kappa shape index (κ3) is 8.29. The van der Waals surface area contributed by atoms with Crippen LogP contribution in [0.15, 0.2) is 64.7 Å². The van der Waals surface area contributed by atoms with E-state index < -0.39 is 45.6 Å². The molecule has 1 saturated carbocycles. The quantitative estimate of drug-likeness (QED) is 0.112. The molecule has 2 aromatic rings. The molecule has 2 aliphatic carbocycles. The highest BCUT2D eigenvalue weighted by Gasteiger charge is 2.43. The first-order chi connectivity index (χ1) is 25.9. The van der Waals surface area contributed by atoms with Crippen molar-refractivity contribution in [2.24, 2.45) is 22.1 Å². The highest BCUT2D eigenvalue weighted by atomic mass is 32.2. The van der Waals surface area contributed by atoms with Gasteiger partial charge in [-0.15, -0.1) is 4.36 Å². The van der Waals surface area contributed by atoms with E-state index in [0.29, 0.717) is 37.0 Å². The van der Waals surface area contributed by atoms with Gasteiger partial charge in [-0.3, -0.25) is 19.7 Å². The number of hydrogen-bond donors (Lipinski definition) is 4. The number of amides is 2. The number of nitrogens with zero attached hydrogens (tertiary/aromatic N) is 2. The van der Waals surface area contributed by atoms with E-state index in [1.54, 1.807) is 38.2 Å². The summed E-state index contributed by atoms with van der Waals surface area (Å²) < 4.78 is 38.6. The van der Waals surface area contributed by atoms with Gasteiger partial charge in [0.05, 0.1) is 32.2 Å². The van der Waals surface area contributed by atoms with Crippen LogP contribution < -0.4 is 19.7 Å². The van der Waals surface area contributed by atoms with Gasteiger partial charge in [0.2, 0.25) is 5.90 Å². The Kier molecular flexibility index (Phi) is 11.7. The molecule has 4 aliphatic rings. The van der Waals surface area contributed by atoms with Crippen molar-refractivity contribution in [1.82, 2.24) is 4.72 Å². The standard InChI is InChI=1S/C40H50N6O7S/c1-25-10-14-32-28(17-25)8-6-16-40(32)23-46-21-30-12-11-27(30)7-5-9-34(53-36(47)19-41)26(2)22-54(50,45-39(49)31(20-43-3)37(42)51-4)44-38(48)29-13-15-35(52-24-40)33(46)18-29/h5,9-10,13-15,17-20,26-27,30,34,41-43H,6-8,11-12,16,21-24H2,1-4H3,(H,44,45,48,49,50)/p+1. The van der Waals surface area contributed by atoms with Crippen molar-refractivity contribution < 1.29 is 38.1 Å². The van der Waals surface area contributed by atoms with Gasteiger partial charge in [-0.1, -0.05) is 36.8 Å². The molecule has 0 radical (unpaired) electrons. The third-order valence-electron chi connectivity index (χ3n) is 11.2. The van der Waals surface area contributed by atoms with Gasteiger partial charge in [-0.25, -0.2) is 9.00 Å². The van der Waals surface area contributed by atoms with Crippen molar-refractivity contribution in [3.05, 3.63) is 82.6 Å². The van der Waals surface area contributed by atoms with E-state index in [9.17, 15) is 18.6 Å². The first kappa shape index (κ1) is 38.9. The minimum Gasteiger partial charge on any atom is -0.490 e. The average molecular weight is 760 g/mol. The fourth-order valence-electron chi connectivity index (χ4n) is 8.25. The van der Waals surface area contributed by atoms with Gasteiger partial charge in [-0.2, -0.15) is 0 Å². The van der Waals surface area contributed by atoms with E-state index >= 15 is 0 Å². The first-order valence-corrected chi connectivity index (χ1v) is 20.3. The highest BCUT2D eigenvalue weighted by Crippen LogP contribution is 2.46. The number of nitrogens with two attached hydrogens (primary N) is 1. The zero-order valence-corrected chi connectivity index (χ0v) is 32.2. The average Bonchev–Trinajstić information content (AvgIpc) is 3.28. The van der Waals surface area contributed by atoms with Crippen LogP contribution in [0.3, 0.4) is 0 Å². The van der Waals surface area contributed by atoms with Crippen molar-refractivity contribution in [3.8, 4) is 5.75 Å². The molecular weight excluding hydrogens is 709 g/mol. The third-order valence-corrected chi connectivity index (χ3v) is 13.1. The fraction of sp³-hybridized carbons (Fsp3) is 0.475. The molecule has 2 aliphatic heterocycles. The zero-order chi connectivity index (χ0) is 38.6. The molecule has 2 amide bonds. The molecule has 0 saturated heterocycles. The summed E-state index contributed by atoms with van der Waals surface area (Å²) in [5.74, 6) is -2.74. The number of carbonyl (C=O) groups excluding carboxylic acids is 3. The number of nitrogens with one attached hydrogen (secondary N) is 3. The Morgan fingerprint density at radius 2 is 1.98 bits per heavy atom. The lowest BCUT2D eigenvalue weighted by Crippen LogP contribution is -2.73. The Bertz CT molecular complexity index is 2020. The second-order valence-electron chi connectivity index (χ2n) is 15.0. The molecule has 288 valence electrons. The molecule has 0 aromatic heterocycles. The molecule has 14 heteroatoms. The minimum absolute atomic E-state index is 0.179. The van der Waals surface area contributed by atoms with Crippen molar-refractivity contribution in [1.29, 1.82) is 10.8 Å². The number of fused-ring (bicyclic) bond motifs is 4. The molecule has 2 bridgehead atoms. The predicted molar refractivity (Wildman–Crippen MR) is 206 cm³/mol. The molecule has 6 atom stereocenters. The summed E-state index contributed by atoms with van der Waals surface area (Å²) in [5.41, 5.74) is 4.38. The first-order valence-electron chi connectivity index (χ1n) is 18.6. The molecule has 2 heterocycles. The summed E-state index contributed by atoms with van der Waals surface area (Å²) in [6.07, 6.45) is 10.6. The van der Waals surface area contributed by atoms with E-state index in [1.807, 2.05) is 6.08 Å². The largest absolute Gasteiger partial charge is 0.490 e. The Morgan fingerprint density at radius 3 is 2.70 bits per heavy atom. The molecule has 5 N–H and O–H groups in total. The number of rotatable bonds is 6. The molecule has 54 heavy (non-hydrogen) atoms. The monoisotopic (exact) mass is 759 g/mol. The van der Waals surface area contributed by atoms with Crippen molar-refractivity contribution in [2.75, 3.05) is 44.5 Å². The zero-order valence-electron chi connectivity index (χ0n) is 31.4. The van der Waals surface area contributed by atoms with Crippen LogP contribution in [-0.4, -0.2) is 79.8 Å². The van der Waals surface area contributed by atoms with E-state index in [0.717, 1.165) is 50.8 Å². The lowest BCUT2D eigenvalue weighted by atomic mass is 9.68. The molecule has 6 rings (SSSR count). The lowest BCUT2D eigenvalue weighted by molar-refractivity contribution is -0.556. The van der Waals surface area contributed by atoms with Crippen LogP contribution >= 0.6 is 0 Å². The van der Waals surface area contributed by atoms with Crippen LogP contribution in [0.4, 0.5) is 5.69 Å². The Balaban J connectivity index is 1.45. The maximum atomic E-state index is 14.8. The maximum Gasteiger partial charge on any atom is 0.349 e. The fourth-order valence-corrected chi connectivity index (χ4v) is 10.1. The number of esters is 1. The van der Waals surface area contributed by atoms with Gasteiger partial charge in [0.25, 0.3) is 11.8 Å². The van der Waals surface area contributed by atoms with Gasteiger partial charge in [0, 0.05) is 30.0 Å². The molecule has 13 nitrogen and oxygen atoms in total. The van der Waals surface area contributed by atoms with Gasteiger partial charge in [-0.05, 0) is 92.7 Å². The van der Waals surface area contributed by atoms with Crippen LogP contribution in [0, 0.1) is 35.5 Å². The van der Waals surface area contributed by atoms with Crippen molar-refractivity contribution in [3.63, 3.8) is 0 Å². The minimum atomic E-state index is -3.91. The van der Waals surface area contributed by atoms with E-state index in [1.165, 1.54) is 35.3 Å². The van der Waals surface area contributed by atoms with Gasteiger partial charge >= 0.3 is 5.97 Å².